The average molecular weight is 305 g/mol. The number of rotatable bonds is 10. The van der Waals surface area contributed by atoms with Crippen LogP contribution in [0.2, 0.25) is 0 Å². The van der Waals surface area contributed by atoms with Crippen LogP contribution in [0.25, 0.3) is 0 Å². The van der Waals surface area contributed by atoms with Crippen molar-refractivity contribution in [2.45, 2.75) is 70.4 Å². The fourth-order valence-corrected chi connectivity index (χ4v) is 3.05. The third kappa shape index (κ3) is 5.98. The minimum atomic E-state index is 0.182. The van der Waals surface area contributed by atoms with Gasteiger partial charge in [-0.05, 0) is 30.5 Å². The Hall–Kier alpha value is -1.06. The summed E-state index contributed by atoms with van der Waals surface area (Å²) in [6, 6.07) is 8.73. The van der Waals surface area contributed by atoms with Crippen LogP contribution in [0, 0.1) is 0 Å². The van der Waals surface area contributed by atoms with E-state index in [0.717, 1.165) is 18.7 Å². The zero-order valence-electron chi connectivity index (χ0n) is 13.9. The summed E-state index contributed by atoms with van der Waals surface area (Å²) in [6.07, 6.45) is 10.3. The second kappa shape index (κ2) is 9.86. The van der Waals surface area contributed by atoms with Gasteiger partial charge in [0, 0.05) is 19.0 Å². The molecule has 3 nitrogen and oxygen atoms in total. The Morgan fingerprint density at radius 1 is 1.09 bits per heavy atom. The summed E-state index contributed by atoms with van der Waals surface area (Å²) >= 11 is 0. The largest absolute Gasteiger partial charge is 0.489 e. The van der Waals surface area contributed by atoms with E-state index in [9.17, 15) is 0 Å². The molecule has 0 radical (unpaired) electrons. The molecule has 1 aliphatic heterocycles. The quantitative estimate of drug-likeness (QED) is 0.648. The highest BCUT2D eigenvalue weighted by molar-refractivity contribution is 5.27. The lowest BCUT2D eigenvalue weighted by Crippen LogP contribution is -2.25. The van der Waals surface area contributed by atoms with Crippen molar-refractivity contribution in [1.82, 2.24) is 5.32 Å². The summed E-state index contributed by atoms with van der Waals surface area (Å²) in [5.74, 6) is 0.942. The maximum atomic E-state index is 9.12. The van der Waals surface area contributed by atoms with E-state index in [-0.39, 0.29) is 18.8 Å². The molecule has 3 heteroatoms. The van der Waals surface area contributed by atoms with Crippen LogP contribution in [0.4, 0.5) is 0 Å². The highest BCUT2D eigenvalue weighted by Crippen LogP contribution is 2.19. The van der Waals surface area contributed by atoms with Crippen LogP contribution >= 0.6 is 0 Å². The van der Waals surface area contributed by atoms with Crippen molar-refractivity contribution in [2.24, 2.45) is 0 Å². The monoisotopic (exact) mass is 305 g/mol. The highest BCUT2D eigenvalue weighted by atomic mass is 16.5. The zero-order valence-corrected chi connectivity index (χ0v) is 13.9. The van der Waals surface area contributed by atoms with Gasteiger partial charge in [-0.1, -0.05) is 51.2 Å². The SMILES string of the molecule is CCCCCCCCc1ccc(O[C@@H]2CN[C@@H](CO)C2)cc1. The van der Waals surface area contributed by atoms with Gasteiger partial charge in [0.2, 0.25) is 0 Å². The van der Waals surface area contributed by atoms with Crippen molar-refractivity contribution in [2.75, 3.05) is 13.2 Å². The molecule has 0 bridgehead atoms. The topological polar surface area (TPSA) is 41.5 Å². The van der Waals surface area contributed by atoms with Gasteiger partial charge in [0.25, 0.3) is 0 Å². The molecule has 1 heterocycles. The lowest BCUT2D eigenvalue weighted by molar-refractivity contribution is 0.206. The third-order valence-electron chi connectivity index (χ3n) is 4.45. The molecule has 22 heavy (non-hydrogen) atoms. The van der Waals surface area contributed by atoms with Crippen molar-refractivity contribution < 1.29 is 9.84 Å². The van der Waals surface area contributed by atoms with E-state index >= 15 is 0 Å². The number of ether oxygens (including phenoxy) is 1. The van der Waals surface area contributed by atoms with E-state index in [4.69, 9.17) is 9.84 Å². The van der Waals surface area contributed by atoms with Crippen LogP contribution in [0.1, 0.15) is 57.4 Å². The van der Waals surface area contributed by atoms with E-state index < -0.39 is 0 Å². The molecular formula is C19H31NO2. The molecule has 1 aliphatic rings. The summed E-state index contributed by atoms with van der Waals surface area (Å²) in [6.45, 7) is 3.27. The van der Waals surface area contributed by atoms with Gasteiger partial charge in [-0.3, -0.25) is 0 Å². The summed E-state index contributed by atoms with van der Waals surface area (Å²) < 4.78 is 5.96. The standard InChI is InChI=1S/C19H31NO2/c1-2-3-4-5-6-7-8-16-9-11-18(12-10-16)22-19-13-17(15-21)20-14-19/h9-12,17,19-21H,2-8,13-15H2,1H3/t17-,19+/m1/s1. The molecule has 0 unspecified atom stereocenters. The third-order valence-corrected chi connectivity index (χ3v) is 4.45. The van der Waals surface area contributed by atoms with Gasteiger partial charge in [0.1, 0.15) is 11.9 Å². The minimum absolute atomic E-state index is 0.182. The number of unbranched alkanes of at least 4 members (excludes halogenated alkanes) is 5. The summed E-state index contributed by atoms with van der Waals surface area (Å²) in [7, 11) is 0. The molecule has 2 atom stereocenters. The zero-order chi connectivity index (χ0) is 15.6. The van der Waals surface area contributed by atoms with Gasteiger partial charge in [0.05, 0.1) is 6.61 Å². The predicted molar refractivity (Wildman–Crippen MR) is 91.4 cm³/mol. The molecule has 124 valence electrons. The molecule has 2 rings (SSSR count). The predicted octanol–water partition coefficient (Wildman–Crippen LogP) is 3.69. The summed E-state index contributed by atoms with van der Waals surface area (Å²) in [4.78, 5) is 0. The van der Waals surface area contributed by atoms with E-state index in [1.54, 1.807) is 0 Å². The van der Waals surface area contributed by atoms with Gasteiger partial charge in [0.15, 0.2) is 0 Å². The van der Waals surface area contributed by atoms with E-state index in [1.807, 2.05) is 0 Å². The van der Waals surface area contributed by atoms with E-state index in [1.165, 1.54) is 50.5 Å². The Balaban J connectivity index is 1.65. The van der Waals surface area contributed by atoms with Gasteiger partial charge in [-0.2, -0.15) is 0 Å². The first-order valence-corrected chi connectivity index (χ1v) is 8.91. The first-order valence-electron chi connectivity index (χ1n) is 8.91. The fraction of sp³-hybridized carbons (Fsp3) is 0.684. The Labute approximate surface area is 135 Å². The Morgan fingerprint density at radius 2 is 1.82 bits per heavy atom. The Morgan fingerprint density at radius 3 is 2.50 bits per heavy atom. The molecule has 2 N–H and O–H groups in total. The first-order chi connectivity index (χ1) is 10.8. The van der Waals surface area contributed by atoms with Crippen LogP contribution in [-0.2, 0) is 6.42 Å². The number of aliphatic hydroxyl groups excluding tert-OH is 1. The molecular weight excluding hydrogens is 274 g/mol. The highest BCUT2D eigenvalue weighted by Gasteiger charge is 2.24. The van der Waals surface area contributed by atoms with Crippen LogP contribution in [0.3, 0.4) is 0 Å². The maximum Gasteiger partial charge on any atom is 0.119 e. The lowest BCUT2D eigenvalue weighted by atomic mass is 10.0. The van der Waals surface area contributed by atoms with Crippen molar-refractivity contribution in [1.29, 1.82) is 0 Å². The van der Waals surface area contributed by atoms with Crippen molar-refractivity contribution >= 4 is 0 Å². The molecule has 1 aromatic carbocycles. The van der Waals surface area contributed by atoms with Crippen LogP contribution in [-0.4, -0.2) is 30.4 Å². The normalized spacial score (nSPS) is 21.2. The molecule has 0 aliphatic carbocycles. The Kier molecular flexibility index (Phi) is 7.75. The smallest absolute Gasteiger partial charge is 0.119 e. The van der Waals surface area contributed by atoms with Gasteiger partial charge >= 0.3 is 0 Å². The van der Waals surface area contributed by atoms with Gasteiger partial charge in [-0.15, -0.1) is 0 Å². The van der Waals surface area contributed by atoms with E-state index in [2.05, 4.69) is 36.5 Å². The molecule has 1 fully saturated rings. The van der Waals surface area contributed by atoms with Crippen molar-refractivity contribution in [3.8, 4) is 5.75 Å². The molecule has 1 aromatic rings. The second-order valence-electron chi connectivity index (χ2n) is 6.43. The van der Waals surface area contributed by atoms with Crippen LogP contribution in [0.5, 0.6) is 5.75 Å². The van der Waals surface area contributed by atoms with Crippen molar-refractivity contribution in [3.05, 3.63) is 29.8 Å². The van der Waals surface area contributed by atoms with Gasteiger partial charge in [-0.25, -0.2) is 0 Å². The molecule has 0 saturated carbocycles. The first kappa shape index (κ1) is 17.3. The fourth-order valence-electron chi connectivity index (χ4n) is 3.05. The average Bonchev–Trinajstić information content (AvgIpc) is 3.00. The summed E-state index contributed by atoms with van der Waals surface area (Å²) in [5.41, 5.74) is 1.40. The maximum absolute atomic E-state index is 9.12. The second-order valence-corrected chi connectivity index (χ2v) is 6.43. The van der Waals surface area contributed by atoms with Gasteiger partial charge < -0.3 is 15.2 Å². The van der Waals surface area contributed by atoms with Crippen molar-refractivity contribution in [3.63, 3.8) is 0 Å². The number of hydrogen-bond donors (Lipinski definition) is 2. The Bertz CT molecular complexity index is 404. The van der Waals surface area contributed by atoms with Crippen LogP contribution in [0.15, 0.2) is 24.3 Å². The molecule has 0 amide bonds. The molecule has 0 spiro atoms. The molecule has 1 saturated heterocycles. The number of aryl methyl sites for hydroxylation is 1. The molecule has 0 aromatic heterocycles. The minimum Gasteiger partial charge on any atom is -0.489 e. The number of nitrogens with one attached hydrogen (secondary N) is 1. The number of hydrogen-bond acceptors (Lipinski definition) is 3. The van der Waals surface area contributed by atoms with E-state index in [0.29, 0.717) is 0 Å². The summed E-state index contributed by atoms with van der Waals surface area (Å²) in [5, 5.41) is 12.4. The number of benzene rings is 1. The van der Waals surface area contributed by atoms with Crippen LogP contribution < -0.4 is 10.1 Å². The lowest BCUT2D eigenvalue weighted by Gasteiger charge is -2.13. The number of aliphatic hydroxyl groups is 1.